The average Bonchev–Trinajstić information content (AvgIpc) is 2.93. The van der Waals surface area contributed by atoms with Crippen LogP contribution in [0.3, 0.4) is 0 Å². The van der Waals surface area contributed by atoms with Crippen LogP contribution in [-0.2, 0) is 14.6 Å². The molecule has 242 valence electrons. The van der Waals surface area contributed by atoms with Gasteiger partial charge in [-0.1, -0.05) is 200 Å². The molecule has 5 heteroatoms. The zero-order chi connectivity index (χ0) is 29.4. The normalized spacial score (nSPS) is 12.8. The minimum absolute atomic E-state index is 0.135. The van der Waals surface area contributed by atoms with Gasteiger partial charge in [0, 0.05) is 0 Å². The van der Waals surface area contributed by atoms with Crippen LogP contribution in [0.4, 0.5) is 0 Å². The molecular weight excluding hydrogens is 516 g/mol. The zero-order valence-corrected chi connectivity index (χ0v) is 28.1. The molecule has 0 saturated carbocycles. The van der Waals surface area contributed by atoms with Crippen LogP contribution in [-0.4, -0.2) is 19.6 Å². The maximum atomic E-state index is 11.1. The minimum Gasteiger partial charge on any atom is -0.264 e. The van der Waals surface area contributed by atoms with Crippen LogP contribution < -0.4 is 0 Å². The summed E-state index contributed by atoms with van der Waals surface area (Å²) in [5.74, 6) is 0.237. The molecule has 1 atom stereocenters. The molecule has 0 aromatic carbocycles. The second kappa shape index (κ2) is 31.8. The summed E-state index contributed by atoms with van der Waals surface area (Å²) in [6.45, 7) is 4.69. The van der Waals surface area contributed by atoms with Gasteiger partial charge in [0.15, 0.2) is 0 Å². The van der Waals surface area contributed by atoms with Crippen LogP contribution in [0.5, 0.6) is 0 Å². The van der Waals surface area contributed by atoms with Gasteiger partial charge in [-0.05, 0) is 18.8 Å². The van der Waals surface area contributed by atoms with Gasteiger partial charge in [-0.3, -0.25) is 4.55 Å². The fraction of sp³-hybridized carbons (Fsp3) is 1.00. The maximum absolute atomic E-state index is 11.1. The van der Waals surface area contributed by atoms with Crippen molar-refractivity contribution < 1.29 is 17.2 Å². The summed E-state index contributed by atoms with van der Waals surface area (Å²) in [6.07, 6.45) is 41.2. The Morgan fingerprint density at radius 1 is 0.425 bits per heavy atom. The van der Waals surface area contributed by atoms with Gasteiger partial charge in [0.05, 0.1) is 6.61 Å². The van der Waals surface area contributed by atoms with Gasteiger partial charge >= 0.3 is 10.4 Å². The Hall–Kier alpha value is -0.130. The molecule has 40 heavy (non-hydrogen) atoms. The highest BCUT2D eigenvalue weighted by molar-refractivity contribution is 7.80. The molecule has 0 rings (SSSR count). The molecular formula is C35H72O4S. The molecule has 0 amide bonds. The third kappa shape index (κ3) is 34.1. The Morgan fingerprint density at radius 2 is 0.650 bits per heavy atom. The van der Waals surface area contributed by atoms with E-state index in [1.807, 2.05) is 0 Å². The Morgan fingerprint density at radius 3 is 0.875 bits per heavy atom. The van der Waals surface area contributed by atoms with Crippen molar-refractivity contribution in [3.8, 4) is 0 Å². The summed E-state index contributed by atoms with van der Waals surface area (Å²) in [7, 11) is -4.34. The molecule has 1 N–H and O–H groups in total. The Bertz CT molecular complexity index is 578. The second-order valence-corrected chi connectivity index (χ2v) is 13.8. The fourth-order valence-electron chi connectivity index (χ4n) is 5.93. The molecule has 0 bridgehead atoms. The van der Waals surface area contributed by atoms with Crippen molar-refractivity contribution in [3.63, 3.8) is 0 Å². The van der Waals surface area contributed by atoms with E-state index in [1.54, 1.807) is 0 Å². The lowest BCUT2D eigenvalue weighted by Gasteiger charge is -2.16. The average molecular weight is 589 g/mol. The van der Waals surface area contributed by atoms with Crippen molar-refractivity contribution in [2.45, 2.75) is 213 Å². The van der Waals surface area contributed by atoms with Crippen LogP contribution >= 0.6 is 0 Å². The summed E-state index contributed by atoms with van der Waals surface area (Å²) in [5, 5.41) is 0. The quantitative estimate of drug-likeness (QED) is 0.0600. The van der Waals surface area contributed by atoms with Crippen LogP contribution in [0.1, 0.15) is 213 Å². The van der Waals surface area contributed by atoms with Crippen LogP contribution in [0.2, 0.25) is 0 Å². The van der Waals surface area contributed by atoms with E-state index in [1.165, 1.54) is 173 Å². The summed E-state index contributed by atoms with van der Waals surface area (Å²) >= 11 is 0. The predicted molar refractivity (Wildman–Crippen MR) is 175 cm³/mol. The predicted octanol–water partition coefficient (Wildman–Crippen LogP) is 12.6. The van der Waals surface area contributed by atoms with Crippen LogP contribution in [0.15, 0.2) is 0 Å². The lowest BCUT2D eigenvalue weighted by molar-refractivity contribution is 0.204. The first-order valence-electron chi connectivity index (χ1n) is 18.1. The molecule has 0 aliphatic heterocycles. The van der Waals surface area contributed by atoms with Gasteiger partial charge < -0.3 is 0 Å². The van der Waals surface area contributed by atoms with E-state index in [4.69, 9.17) is 8.74 Å². The SMILES string of the molecule is CCCCCCCCCCCCCCCCCCC(CCCCCCCCCCCCCCC)COS(=O)(=O)O. The van der Waals surface area contributed by atoms with Crippen molar-refractivity contribution in [2.24, 2.45) is 5.92 Å². The van der Waals surface area contributed by atoms with Crippen molar-refractivity contribution in [3.05, 3.63) is 0 Å². The standard InChI is InChI=1S/C35H72O4S/c1-3-5-7-9-11-13-15-17-18-19-21-23-25-27-29-31-33-35(34-39-40(36,37)38)32-30-28-26-24-22-20-16-14-12-10-8-6-4-2/h35H,3-34H2,1-2H3,(H,36,37,38). The molecule has 0 radical (unpaired) electrons. The lowest BCUT2D eigenvalue weighted by Crippen LogP contribution is -2.14. The number of hydrogen-bond acceptors (Lipinski definition) is 3. The minimum atomic E-state index is -4.34. The van der Waals surface area contributed by atoms with Crippen molar-refractivity contribution in [1.82, 2.24) is 0 Å². The van der Waals surface area contributed by atoms with Gasteiger partial charge in [-0.2, -0.15) is 8.42 Å². The van der Waals surface area contributed by atoms with E-state index < -0.39 is 10.4 Å². The molecule has 0 aromatic heterocycles. The first-order chi connectivity index (χ1) is 19.5. The van der Waals surface area contributed by atoms with Crippen molar-refractivity contribution >= 4 is 10.4 Å². The van der Waals surface area contributed by atoms with Gasteiger partial charge in [-0.25, -0.2) is 4.18 Å². The van der Waals surface area contributed by atoms with Gasteiger partial charge in [0.2, 0.25) is 0 Å². The van der Waals surface area contributed by atoms with E-state index in [2.05, 4.69) is 13.8 Å². The van der Waals surface area contributed by atoms with Gasteiger partial charge in [0.1, 0.15) is 0 Å². The van der Waals surface area contributed by atoms with E-state index in [0.717, 1.165) is 25.7 Å². The molecule has 0 aliphatic carbocycles. The van der Waals surface area contributed by atoms with Crippen molar-refractivity contribution in [2.75, 3.05) is 6.61 Å². The first kappa shape index (κ1) is 39.9. The maximum Gasteiger partial charge on any atom is 0.397 e. The monoisotopic (exact) mass is 589 g/mol. The molecule has 0 spiro atoms. The van der Waals surface area contributed by atoms with E-state index in [0.29, 0.717) is 0 Å². The lowest BCUT2D eigenvalue weighted by atomic mass is 9.94. The van der Waals surface area contributed by atoms with Gasteiger partial charge in [0.25, 0.3) is 0 Å². The van der Waals surface area contributed by atoms with Crippen LogP contribution in [0.25, 0.3) is 0 Å². The number of unbranched alkanes of at least 4 members (excludes halogenated alkanes) is 27. The smallest absolute Gasteiger partial charge is 0.264 e. The molecule has 4 nitrogen and oxygen atoms in total. The molecule has 0 saturated heterocycles. The summed E-state index contributed by atoms with van der Waals surface area (Å²) in [6, 6.07) is 0. The fourth-order valence-corrected chi connectivity index (χ4v) is 6.29. The third-order valence-electron chi connectivity index (χ3n) is 8.63. The number of rotatable bonds is 34. The Kier molecular flexibility index (Phi) is 31.7. The van der Waals surface area contributed by atoms with E-state index in [9.17, 15) is 8.42 Å². The van der Waals surface area contributed by atoms with E-state index >= 15 is 0 Å². The molecule has 0 heterocycles. The molecule has 0 aliphatic rings. The summed E-state index contributed by atoms with van der Waals surface area (Å²) < 4.78 is 35.9. The summed E-state index contributed by atoms with van der Waals surface area (Å²) in [4.78, 5) is 0. The highest BCUT2D eigenvalue weighted by Gasteiger charge is 2.13. The Labute approximate surface area is 252 Å². The molecule has 0 aromatic rings. The Balaban J connectivity index is 3.67. The third-order valence-corrected chi connectivity index (χ3v) is 9.07. The molecule has 1 unspecified atom stereocenters. The van der Waals surface area contributed by atoms with Crippen molar-refractivity contribution in [1.29, 1.82) is 0 Å². The van der Waals surface area contributed by atoms with Crippen LogP contribution in [0, 0.1) is 5.92 Å². The zero-order valence-electron chi connectivity index (χ0n) is 27.3. The topological polar surface area (TPSA) is 63.6 Å². The van der Waals surface area contributed by atoms with Gasteiger partial charge in [-0.15, -0.1) is 0 Å². The second-order valence-electron chi connectivity index (χ2n) is 12.7. The number of hydrogen-bond donors (Lipinski definition) is 1. The summed E-state index contributed by atoms with van der Waals surface area (Å²) in [5.41, 5.74) is 0. The largest absolute Gasteiger partial charge is 0.397 e. The first-order valence-corrected chi connectivity index (χ1v) is 19.5. The highest BCUT2D eigenvalue weighted by atomic mass is 32.3. The van der Waals surface area contributed by atoms with E-state index in [-0.39, 0.29) is 12.5 Å². The molecule has 0 fully saturated rings. The highest BCUT2D eigenvalue weighted by Crippen LogP contribution is 2.21.